The van der Waals surface area contributed by atoms with Crippen molar-refractivity contribution >= 4 is 33.7 Å². The number of anilines is 2. The van der Waals surface area contributed by atoms with Crippen LogP contribution in [0.5, 0.6) is 0 Å². The SMILES string of the molecule is CC(C)Nc1ncnc2nc(C(C)(C)C)ncc12.CCc1ncc2c(NC(C)C)ncnc2n1. The van der Waals surface area contributed by atoms with Crippen molar-refractivity contribution in [3.05, 3.63) is 36.7 Å². The average Bonchev–Trinajstić information content (AvgIpc) is 2.78. The van der Waals surface area contributed by atoms with Crippen LogP contribution in [0.15, 0.2) is 25.0 Å². The smallest absolute Gasteiger partial charge is 0.168 e. The van der Waals surface area contributed by atoms with E-state index in [1.165, 1.54) is 12.7 Å². The van der Waals surface area contributed by atoms with Gasteiger partial charge in [0.15, 0.2) is 11.3 Å². The molecule has 4 aromatic rings. The van der Waals surface area contributed by atoms with Crippen molar-refractivity contribution in [1.29, 1.82) is 0 Å². The molecular weight excluding hydrogens is 428 g/mol. The number of aryl methyl sites for hydroxylation is 1. The first kappa shape index (κ1) is 25.1. The topological polar surface area (TPSA) is 127 Å². The Labute approximate surface area is 200 Å². The summed E-state index contributed by atoms with van der Waals surface area (Å²) in [6.45, 7) is 16.5. The summed E-state index contributed by atoms with van der Waals surface area (Å²) in [7, 11) is 0. The van der Waals surface area contributed by atoms with E-state index in [9.17, 15) is 0 Å². The molecule has 0 saturated carbocycles. The summed E-state index contributed by atoms with van der Waals surface area (Å²) >= 11 is 0. The molecule has 0 aliphatic heterocycles. The van der Waals surface area contributed by atoms with E-state index in [4.69, 9.17) is 0 Å². The van der Waals surface area contributed by atoms with Crippen LogP contribution in [-0.4, -0.2) is 52.0 Å². The molecule has 0 saturated heterocycles. The van der Waals surface area contributed by atoms with E-state index in [0.717, 1.165) is 40.5 Å². The van der Waals surface area contributed by atoms with Gasteiger partial charge in [0, 0.05) is 36.3 Å². The zero-order chi connectivity index (χ0) is 24.9. The fourth-order valence-corrected chi connectivity index (χ4v) is 3.04. The fraction of sp³-hybridized carbons (Fsp3) is 0.500. The lowest BCUT2D eigenvalue weighted by molar-refractivity contribution is 0.547. The number of rotatable bonds is 5. The normalized spacial score (nSPS) is 11.6. The lowest BCUT2D eigenvalue weighted by Gasteiger charge is -2.17. The van der Waals surface area contributed by atoms with Gasteiger partial charge in [0.25, 0.3) is 0 Å². The molecule has 10 heteroatoms. The van der Waals surface area contributed by atoms with Crippen molar-refractivity contribution < 1.29 is 0 Å². The van der Waals surface area contributed by atoms with Gasteiger partial charge in [-0.15, -0.1) is 0 Å². The van der Waals surface area contributed by atoms with Gasteiger partial charge in [-0.2, -0.15) is 0 Å². The molecule has 4 heterocycles. The first-order valence-electron chi connectivity index (χ1n) is 11.6. The van der Waals surface area contributed by atoms with Crippen LogP contribution in [0.2, 0.25) is 0 Å². The molecule has 0 aliphatic carbocycles. The molecule has 34 heavy (non-hydrogen) atoms. The molecule has 180 valence electrons. The predicted molar refractivity (Wildman–Crippen MR) is 136 cm³/mol. The second-order valence-corrected chi connectivity index (χ2v) is 9.60. The monoisotopic (exact) mass is 462 g/mol. The Morgan fingerprint density at radius 3 is 1.68 bits per heavy atom. The minimum absolute atomic E-state index is 0.0786. The summed E-state index contributed by atoms with van der Waals surface area (Å²) in [5.41, 5.74) is 1.31. The van der Waals surface area contributed by atoms with Crippen LogP contribution in [-0.2, 0) is 11.8 Å². The molecule has 0 bridgehead atoms. The van der Waals surface area contributed by atoms with E-state index < -0.39 is 0 Å². The van der Waals surface area contributed by atoms with E-state index >= 15 is 0 Å². The molecule has 0 aliphatic rings. The van der Waals surface area contributed by atoms with Gasteiger partial charge < -0.3 is 10.6 Å². The predicted octanol–water partition coefficient (Wildman–Crippen LogP) is 4.34. The third-order valence-corrected chi connectivity index (χ3v) is 4.67. The molecule has 0 unspecified atom stereocenters. The van der Waals surface area contributed by atoms with Crippen molar-refractivity contribution in [2.45, 2.75) is 79.3 Å². The Balaban J connectivity index is 0.000000192. The molecule has 0 fully saturated rings. The zero-order valence-electron chi connectivity index (χ0n) is 21.2. The zero-order valence-corrected chi connectivity index (χ0v) is 21.2. The van der Waals surface area contributed by atoms with Crippen molar-refractivity contribution in [1.82, 2.24) is 39.9 Å². The molecule has 0 atom stereocenters. The minimum atomic E-state index is -0.0786. The van der Waals surface area contributed by atoms with E-state index in [-0.39, 0.29) is 5.41 Å². The van der Waals surface area contributed by atoms with Crippen LogP contribution in [0.1, 0.15) is 67.0 Å². The van der Waals surface area contributed by atoms with Crippen LogP contribution in [0, 0.1) is 0 Å². The van der Waals surface area contributed by atoms with Gasteiger partial charge in [-0.05, 0) is 27.7 Å². The number of fused-ring (bicyclic) bond motifs is 2. The van der Waals surface area contributed by atoms with E-state index in [0.29, 0.717) is 23.4 Å². The first-order chi connectivity index (χ1) is 16.1. The largest absolute Gasteiger partial charge is 0.367 e. The Hall–Kier alpha value is -3.56. The Morgan fingerprint density at radius 1 is 0.706 bits per heavy atom. The van der Waals surface area contributed by atoms with Crippen LogP contribution in [0.4, 0.5) is 11.6 Å². The maximum atomic E-state index is 4.51. The maximum Gasteiger partial charge on any atom is 0.168 e. The summed E-state index contributed by atoms with van der Waals surface area (Å²) < 4.78 is 0. The van der Waals surface area contributed by atoms with Gasteiger partial charge in [-0.1, -0.05) is 27.7 Å². The van der Waals surface area contributed by atoms with Crippen LogP contribution < -0.4 is 10.6 Å². The quantitative estimate of drug-likeness (QED) is 0.442. The van der Waals surface area contributed by atoms with Gasteiger partial charge in [0.1, 0.15) is 35.9 Å². The summed E-state index contributed by atoms with van der Waals surface area (Å²) in [5.74, 6) is 3.18. The standard InChI is InChI=1S/C13H19N5.C11H15N5/c1-8(2)17-10-9-6-14-12(13(3,4)5)18-11(9)16-7-15-10;1-4-9-12-5-8-10(15-7(2)3)13-6-14-11(8)16-9/h6-8H,1-5H3,(H,14,15,16,17,18);5-7H,4H2,1-3H3,(H,12,13,14,15,16). The van der Waals surface area contributed by atoms with Gasteiger partial charge in [0.05, 0.1) is 10.8 Å². The molecule has 4 rings (SSSR count). The summed E-state index contributed by atoms with van der Waals surface area (Å²) in [4.78, 5) is 34.4. The van der Waals surface area contributed by atoms with Crippen LogP contribution in [0.3, 0.4) is 0 Å². The molecule has 0 spiro atoms. The highest BCUT2D eigenvalue weighted by Crippen LogP contribution is 2.22. The fourth-order valence-electron chi connectivity index (χ4n) is 3.04. The Kier molecular flexibility index (Phi) is 7.80. The van der Waals surface area contributed by atoms with Crippen LogP contribution in [0.25, 0.3) is 22.1 Å². The Bertz CT molecular complexity index is 1250. The van der Waals surface area contributed by atoms with Crippen LogP contribution >= 0.6 is 0 Å². The lowest BCUT2D eigenvalue weighted by atomic mass is 9.96. The summed E-state index contributed by atoms with van der Waals surface area (Å²) in [5, 5.41) is 8.26. The highest BCUT2D eigenvalue weighted by Gasteiger charge is 2.18. The summed E-state index contributed by atoms with van der Waals surface area (Å²) in [6, 6.07) is 0.634. The van der Waals surface area contributed by atoms with Crippen molar-refractivity contribution in [2.75, 3.05) is 10.6 Å². The van der Waals surface area contributed by atoms with Crippen molar-refractivity contribution in [3.63, 3.8) is 0 Å². The molecule has 0 radical (unpaired) electrons. The second kappa shape index (κ2) is 10.6. The first-order valence-corrected chi connectivity index (χ1v) is 11.6. The van der Waals surface area contributed by atoms with Gasteiger partial charge in [-0.3, -0.25) is 0 Å². The highest BCUT2D eigenvalue weighted by atomic mass is 15.1. The van der Waals surface area contributed by atoms with E-state index in [1.54, 1.807) is 12.4 Å². The molecular formula is C24H34N10. The second-order valence-electron chi connectivity index (χ2n) is 9.60. The summed E-state index contributed by atoms with van der Waals surface area (Å²) in [6.07, 6.45) is 7.46. The highest BCUT2D eigenvalue weighted by molar-refractivity contribution is 5.86. The lowest BCUT2D eigenvalue weighted by Crippen LogP contribution is -2.17. The van der Waals surface area contributed by atoms with Gasteiger partial charge in [0.2, 0.25) is 0 Å². The minimum Gasteiger partial charge on any atom is -0.367 e. The van der Waals surface area contributed by atoms with Gasteiger partial charge >= 0.3 is 0 Å². The Morgan fingerprint density at radius 2 is 1.21 bits per heavy atom. The molecule has 2 N–H and O–H groups in total. The number of nitrogens with zero attached hydrogens (tertiary/aromatic N) is 8. The molecule has 0 aromatic carbocycles. The number of nitrogens with one attached hydrogen (secondary N) is 2. The maximum absolute atomic E-state index is 4.51. The number of aromatic nitrogens is 8. The third kappa shape index (κ3) is 6.27. The van der Waals surface area contributed by atoms with E-state index in [1.807, 2.05) is 6.92 Å². The molecule has 0 amide bonds. The van der Waals surface area contributed by atoms with Crippen molar-refractivity contribution in [2.24, 2.45) is 0 Å². The average molecular weight is 463 g/mol. The number of hydrogen-bond donors (Lipinski definition) is 2. The molecule has 10 nitrogen and oxygen atoms in total. The van der Waals surface area contributed by atoms with Gasteiger partial charge in [-0.25, -0.2) is 39.9 Å². The van der Waals surface area contributed by atoms with E-state index in [2.05, 4.69) is 99.0 Å². The number of hydrogen-bond acceptors (Lipinski definition) is 10. The van der Waals surface area contributed by atoms with Crippen molar-refractivity contribution in [3.8, 4) is 0 Å². The molecule has 4 aromatic heterocycles. The third-order valence-electron chi connectivity index (χ3n) is 4.67.